The Balaban J connectivity index is 0.000000720. The summed E-state index contributed by atoms with van der Waals surface area (Å²) in [5.74, 6) is 0.0727. The standard InChI is InChI=1S/C20H24N2O3.2C3H8/c1-4-16-18(21-20(25)17(13(3)23)19(16)24)14-5-7-15(8-6-14)22-10-9-12(2)11-22;2*1-3-2/h5-8,12H,4,9-11H2,1-3H3,(H2,21,24,25);2*3H2,1-2H3. The maximum Gasteiger partial charge on any atom is 0.263 e. The smallest absolute Gasteiger partial charge is 0.263 e. The summed E-state index contributed by atoms with van der Waals surface area (Å²) in [6, 6.07) is 7.99. The first-order chi connectivity index (χ1) is 14.7. The minimum Gasteiger partial charge on any atom is -0.507 e. The molecule has 1 fully saturated rings. The fourth-order valence-electron chi connectivity index (χ4n) is 3.55. The first-order valence-corrected chi connectivity index (χ1v) is 11.6. The van der Waals surface area contributed by atoms with Crippen molar-refractivity contribution >= 4 is 11.5 Å². The van der Waals surface area contributed by atoms with Crippen LogP contribution in [-0.2, 0) is 6.42 Å². The SMILES string of the molecule is CCC.CCC.CCc1c(-c2ccc(N3CCC(C)C3)cc2)[nH]c(=O)c(C(C)=O)c1O. The molecular weight excluding hydrogens is 388 g/mol. The molecular formula is C26H40N2O3. The van der Waals surface area contributed by atoms with E-state index in [9.17, 15) is 14.7 Å². The third kappa shape index (κ3) is 6.98. The van der Waals surface area contributed by atoms with Gasteiger partial charge in [0.15, 0.2) is 5.78 Å². The van der Waals surface area contributed by atoms with Crippen molar-refractivity contribution in [3.8, 4) is 17.0 Å². The lowest BCUT2D eigenvalue weighted by atomic mass is 9.99. The minimum atomic E-state index is -0.547. The van der Waals surface area contributed by atoms with E-state index in [2.05, 4.69) is 44.5 Å². The molecule has 2 aromatic rings. The summed E-state index contributed by atoms with van der Waals surface area (Å²) in [6.45, 7) is 16.1. The number of carbonyl (C=O) groups is 1. The highest BCUT2D eigenvalue weighted by atomic mass is 16.3. The Morgan fingerprint density at radius 2 is 1.65 bits per heavy atom. The molecule has 31 heavy (non-hydrogen) atoms. The zero-order valence-corrected chi connectivity index (χ0v) is 20.3. The fourth-order valence-corrected chi connectivity index (χ4v) is 3.55. The first-order valence-electron chi connectivity index (χ1n) is 11.6. The van der Waals surface area contributed by atoms with E-state index in [0.717, 1.165) is 24.3 Å². The van der Waals surface area contributed by atoms with Gasteiger partial charge in [0.25, 0.3) is 5.56 Å². The molecule has 5 nitrogen and oxygen atoms in total. The van der Waals surface area contributed by atoms with E-state index in [1.165, 1.54) is 26.2 Å². The van der Waals surface area contributed by atoms with Crippen molar-refractivity contribution in [2.75, 3.05) is 18.0 Å². The second kappa shape index (κ2) is 13.0. The van der Waals surface area contributed by atoms with Crippen molar-refractivity contribution in [3.63, 3.8) is 0 Å². The zero-order valence-electron chi connectivity index (χ0n) is 20.3. The summed E-state index contributed by atoms with van der Waals surface area (Å²) in [5, 5.41) is 10.4. The Morgan fingerprint density at radius 1 is 1.10 bits per heavy atom. The predicted octanol–water partition coefficient (Wildman–Crippen LogP) is 6.19. The first kappa shape index (κ1) is 26.5. The number of ketones is 1. The van der Waals surface area contributed by atoms with Crippen molar-refractivity contribution in [1.29, 1.82) is 0 Å². The monoisotopic (exact) mass is 428 g/mol. The summed E-state index contributed by atoms with van der Waals surface area (Å²) < 4.78 is 0. The number of H-pyrrole nitrogens is 1. The van der Waals surface area contributed by atoms with Crippen LogP contribution in [0.5, 0.6) is 5.75 Å². The average molecular weight is 429 g/mol. The number of carbonyl (C=O) groups excluding carboxylic acids is 1. The van der Waals surface area contributed by atoms with Crippen LogP contribution in [0.25, 0.3) is 11.3 Å². The van der Waals surface area contributed by atoms with Gasteiger partial charge in [0.05, 0.1) is 5.69 Å². The average Bonchev–Trinajstić information content (AvgIpc) is 3.15. The number of hydrogen-bond acceptors (Lipinski definition) is 4. The molecule has 172 valence electrons. The van der Waals surface area contributed by atoms with Crippen LogP contribution in [0, 0.1) is 5.92 Å². The fraction of sp³-hybridized carbons (Fsp3) is 0.538. The van der Waals surface area contributed by atoms with Crippen LogP contribution in [0.4, 0.5) is 5.69 Å². The molecule has 1 aliphatic heterocycles. The molecule has 2 N–H and O–H groups in total. The van der Waals surface area contributed by atoms with Crippen molar-refractivity contribution < 1.29 is 9.90 Å². The Bertz CT molecular complexity index is 883. The highest BCUT2D eigenvalue weighted by molar-refractivity contribution is 5.97. The summed E-state index contributed by atoms with van der Waals surface area (Å²) in [6.07, 6.45) is 4.22. The molecule has 1 atom stereocenters. The summed E-state index contributed by atoms with van der Waals surface area (Å²) in [7, 11) is 0. The number of nitrogens with one attached hydrogen (secondary N) is 1. The van der Waals surface area contributed by atoms with E-state index < -0.39 is 11.3 Å². The topological polar surface area (TPSA) is 73.4 Å². The van der Waals surface area contributed by atoms with Crippen molar-refractivity contribution in [1.82, 2.24) is 4.98 Å². The summed E-state index contributed by atoms with van der Waals surface area (Å²) in [5.41, 5.74) is 2.45. The van der Waals surface area contributed by atoms with Crippen LogP contribution >= 0.6 is 0 Å². The van der Waals surface area contributed by atoms with E-state index in [0.29, 0.717) is 23.6 Å². The Hall–Kier alpha value is -2.56. The Morgan fingerprint density at radius 3 is 2.06 bits per heavy atom. The summed E-state index contributed by atoms with van der Waals surface area (Å²) >= 11 is 0. The molecule has 0 saturated carbocycles. The highest BCUT2D eigenvalue weighted by Gasteiger charge is 2.21. The number of aromatic amines is 1. The molecule has 2 heterocycles. The number of benzene rings is 1. The zero-order chi connectivity index (χ0) is 23.6. The summed E-state index contributed by atoms with van der Waals surface area (Å²) in [4.78, 5) is 29.0. The van der Waals surface area contributed by atoms with E-state index >= 15 is 0 Å². The number of aromatic nitrogens is 1. The minimum absolute atomic E-state index is 0.164. The lowest BCUT2D eigenvalue weighted by Crippen LogP contribution is -2.19. The number of rotatable bonds is 4. The van der Waals surface area contributed by atoms with E-state index in [1.54, 1.807) is 0 Å². The van der Waals surface area contributed by atoms with Crippen molar-refractivity contribution in [2.45, 2.75) is 74.1 Å². The van der Waals surface area contributed by atoms with Crippen molar-refractivity contribution in [3.05, 3.63) is 45.7 Å². The molecule has 0 bridgehead atoms. The van der Waals surface area contributed by atoms with Crippen LogP contribution in [0.2, 0.25) is 0 Å². The molecule has 1 aromatic carbocycles. The molecule has 0 radical (unpaired) electrons. The molecule has 1 aromatic heterocycles. The van der Waals surface area contributed by atoms with Gasteiger partial charge in [-0.25, -0.2) is 0 Å². The number of nitrogens with zero attached hydrogens (tertiary/aromatic N) is 1. The lowest BCUT2D eigenvalue weighted by molar-refractivity contribution is 0.101. The predicted molar refractivity (Wildman–Crippen MR) is 131 cm³/mol. The number of aromatic hydroxyl groups is 1. The molecule has 1 unspecified atom stereocenters. The maximum atomic E-state index is 12.2. The second-order valence-corrected chi connectivity index (χ2v) is 8.24. The van der Waals surface area contributed by atoms with Crippen LogP contribution in [0.1, 0.15) is 83.7 Å². The van der Waals surface area contributed by atoms with Crippen LogP contribution in [0.15, 0.2) is 29.1 Å². The van der Waals surface area contributed by atoms with Crippen LogP contribution < -0.4 is 10.5 Å². The molecule has 1 aliphatic rings. The van der Waals surface area contributed by atoms with Gasteiger partial charge in [0.1, 0.15) is 11.3 Å². The van der Waals surface area contributed by atoms with Gasteiger partial charge in [-0.2, -0.15) is 0 Å². The number of hydrogen-bond donors (Lipinski definition) is 2. The number of pyridine rings is 1. The molecule has 3 rings (SSSR count). The maximum absolute atomic E-state index is 12.2. The molecule has 0 aliphatic carbocycles. The van der Waals surface area contributed by atoms with Crippen molar-refractivity contribution in [2.24, 2.45) is 5.92 Å². The van der Waals surface area contributed by atoms with Crippen LogP contribution in [0.3, 0.4) is 0 Å². The van der Waals surface area contributed by atoms with E-state index in [1.807, 2.05) is 31.2 Å². The molecule has 0 amide bonds. The van der Waals surface area contributed by atoms with Gasteiger partial charge in [-0.15, -0.1) is 0 Å². The Labute approximate surface area is 187 Å². The van der Waals surface area contributed by atoms with Crippen LogP contribution in [-0.4, -0.2) is 29.0 Å². The number of Topliss-reactive ketones (excluding diaryl/α,β-unsaturated/α-hetero) is 1. The van der Waals surface area contributed by atoms with Gasteiger partial charge < -0.3 is 15.0 Å². The Kier molecular flexibility index (Phi) is 11.1. The van der Waals surface area contributed by atoms with E-state index in [-0.39, 0.29) is 11.3 Å². The lowest BCUT2D eigenvalue weighted by Gasteiger charge is -2.19. The van der Waals surface area contributed by atoms with Gasteiger partial charge in [-0.3, -0.25) is 9.59 Å². The van der Waals surface area contributed by atoms with Gasteiger partial charge in [0, 0.05) is 24.3 Å². The third-order valence-corrected chi connectivity index (χ3v) is 4.94. The van der Waals surface area contributed by atoms with Gasteiger partial charge in [-0.05, 0) is 43.4 Å². The molecule has 1 saturated heterocycles. The largest absolute Gasteiger partial charge is 0.507 e. The van der Waals surface area contributed by atoms with Gasteiger partial charge >= 0.3 is 0 Å². The number of anilines is 1. The second-order valence-electron chi connectivity index (χ2n) is 8.24. The normalized spacial score (nSPS) is 14.9. The van der Waals surface area contributed by atoms with E-state index in [4.69, 9.17) is 0 Å². The van der Waals surface area contributed by atoms with Gasteiger partial charge in [-0.1, -0.05) is 66.5 Å². The highest BCUT2D eigenvalue weighted by Crippen LogP contribution is 2.32. The molecule has 5 heteroatoms. The quantitative estimate of drug-likeness (QED) is 0.569. The third-order valence-electron chi connectivity index (χ3n) is 4.94. The molecule has 0 spiro atoms. The van der Waals surface area contributed by atoms with Gasteiger partial charge in [0.2, 0.25) is 0 Å².